The first kappa shape index (κ1) is 29.3. The third-order valence-corrected chi connectivity index (χ3v) is 12.6. The van der Waals surface area contributed by atoms with Gasteiger partial charge in [-0.05, 0) is 115 Å². The molecule has 0 saturated carbocycles. The summed E-state index contributed by atoms with van der Waals surface area (Å²) in [5.41, 5.74) is 9.04. The van der Waals surface area contributed by atoms with Crippen molar-refractivity contribution in [1.29, 1.82) is 0 Å². The van der Waals surface area contributed by atoms with E-state index in [-0.39, 0.29) is 46.7 Å². The molecule has 1 aromatic heterocycles. The first-order valence-electron chi connectivity index (χ1n) is 25.2. The Bertz CT molecular complexity index is 3970. The van der Waals surface area contributed by atoms with Gasteiger partial charge in [0.25, 0.3) is 0 Å². The van der Waals surface area contributed by atoms with Crippen LogP contribution in [-0.2, 0) is 5.41 Å². The van der Waals surface area contributed by atoms with E-state index in [2.05, 4.69) is 32.0 Å². The molecule has 298 valence electrons. The van der Waals surface area contributed by atoms with Crippen LogP contribution in [0, 0.1) is 0 Å². The van der Waals surface area contributed by atoms with E-state index in [4.69, 9.17) is 4.42 Å². The molecule has 0 fully saturated rings. The number of benzene rings is 10. The Kier molecular flexibility index (Phi) is 6.80. The first-order chi connectivity index (χ1) is 34.4. The molecule has 1 aliphatic rings. The van der Waals surface area contributed by atoms with Gasteiger partial charge in [-0.3, -0.25) is 0 Å². The van der Waals surface area contributed by atoms with Gasteiger partial charge in [0.1, 0.15) is 11.2 Å². The summed E-state index contributed by atoms with van der Waals surface area (Å²) >= 11 is 0. The second-order valence-electron chi connectivity index (χ2n) is 16.6. The maximum atomic E-state index is 10.0. The van der Waals surface area contributed by atoms with Gasteiger partial charge in [-0.25, -0.2) is 0 Å². The lowest BCUT2D eigenvalue weighted by Crippen LogP contribution is -2.16. The highest BCUT2D eigenvalue weighted by molar-refractivity contribution is 6.19. The molecule has 0 atom stereocenters. The standard InChI is InChI=1S/C61H43NO/c1-61(2)55-26-10-8-21-50(55)53-25-13-23-48(59(53)61)43-31-36-47(37-32-43)62(46-34-29-41(30-35-46)45-19-12-18-44(39-45)40-15-4-3-5-16-40)56-27-11-9-22-51(56)52-24-14-28-57-58(52)54-38-33-42-17-6-7-20-49(42)60(54)63-57/h3-39H,1-2H3/i29D,30D,31D,32D,34D,35D,36D,37D. The number of rotatable bonds is 7. The summed E-state index contributed by atoms with van der Waals surface area (Å²) in [6.45, 7) is 4.22. The van der Waals surface area contributed by atoms with Crippen LogP contribution in [0.2, 0.25) is 0 Å². The molecule has 2 heteroatoms. The first-order valence-corrected chi connectivity index (χ1v) is 21.2. The summed E-state index contributed by atoms with van der Waals surface area (Å²) in [4.78, 5) is 1.41. The van der Waals surface area contributed by atoms with Gasteiger partial charge in [0.2, 0.25) is 0 Å². The van der Waals surface area contributed by atoms with Gasteiger partial charge in [0, 0.05) is 38.5 Å². The van der Waals surface area contributed by atoms with Gasteiger partial charge in [0.05, 0.1) is 16.7 Å². The van der Waals surface area contributed by atoms with Gasteiger partial charge >= 0.3 is 0 Å². The highest BCUT2D eigenvalue weighted by Crippen LogP contribution is 2.52. The van der Waals surface area contributed by atoms with Crippen LogP contribution in [-0.4, -0.2) is 0 Å². The van der Waals surface area contributed by atoms with Crippen molar-refractivity contribution in [3.63, 3.8) is 0 Å². The molecule has 11 aromatic rings. The van der Waals surface area contributed by atoms with Crippen LogP contribution >= 0.6 is 0 Å². The molecule has 2 nitrogen and oxygen atoms in total. The molecule has 0 unspecified atom stereocenters. The van der Waals surface area contributed by atoms with Crippen molar-refractivity contribution in [2.45, 2.75) is 19.3 Å². The van der Waals surface area contributed by atoms with Crippen molar-refractivity contribution in [3.05, 3.63) is 235 Å². The highest BCUT2D eigenvalue weighted by Gasteiger charge is 2.37. The minimum absolute atomic E-state index is 0.0908. The normalized spacial score (nSPS) is 14.5. The lowest BCUT2D eigenvalue weighted by molar-refractivity contribution is 0.662. The van der Waals surface area contributed by atoms with E-state index in [1.54, 1.807) is 18.2 Å². The fraction of sp³-hybridized carbons (Fsp3) is 0.0492. The van der Waals surface area contributed by atoms with Crippen LogP contribution in [0.4, 0.5) is 17.1 Å². The van der Waals surface area contributed by atoms with E-state index >= 15 is 0 Å². The van der Waals surface area contributed by atoms with E-state index in [0.29, 0.717) is 33.5 Å². The second-order valence-corrected chi connectivity index (χ2v) is 16.6. The minimum Gasteiger partial charge on any atom is -0.455 e. The summed E-state index contributed by atoms with van der Waals surface area (Å²) < 4.78 is 85.5. The number of fused-ring (bicyclic) bond motifs is 8. The van der Waals surface area contributed by atoms with E-state index < -0.39 is 29.6 Å². The summed E-state index contributed by atoms with van der Waals surface area (Å²) in [6, 6.07) is 53.3. The Hall–Kier alpha value is -7.94. The lowest BCUT2D eigenvalue weighted by Gasteiger charge is -2.29. The van der Waals surface area contributed by atoms with Crippen LogP contribution in [0.1, 0.15) is 35.9 Å². The summed E-state index contributed by atoms with van der Waals surface area (Å²) in [6.07, 6.45) is 0. The van der Waals surface area contributed by atoms with Crippen LogP contribution in [0.5, 0.6) is 0 Å². The summed E-state index contributed by atoms with van der Waals surface area (Å²) in [7, 11) is 0. The molecule has 0 saturated heterocycles. The number of nitrogens with zero attached hydrogens (tertiary/aromatic N) is 1. The molecule has 0 spiro atoms. The molecule has 0 aliphatic heterocycles. The number of anilines is 3. The lowest BCUT2D eigenvalue weighted by atomic mass is 9.79. The predicted molar refractivity (Wildman–Crippen MR) is 265 cm³/mol. The number of hydrogen-bond acceptors (Lipinski definition) is 2. The number of furan rings is 1. The fourth-order valence-corrected chi connectivity index (χ4v) is 9.68. The minimum atomic E-state index is -0.530. The smallest absolute Gasteiger partial charge is 0.143 e. The van der Waals surface area contributed by atoms with Crippen LogP contribution < -0.4 is 4.90 Å². The van der Waals surface area contributed by atoms with Crippen molar-refractivity contribution < 1.29 is 15.4 Å². The molecular formula is C61H43NO. The Morgan fingerprint density at radius 3 is 1.83 bits per heavy atom. The molecule has 63 heavy (non-hydrogen) atoms. The third kappa shape index (κ3) is 6.02. The summed E-state index contributed by atoms with van der Waals surface area (Å²) in [5.74, 6) is 0. The molecule has 1 heterocycles. The van der Waals surface area contributed by atoms with Gasteiger partial charge in [-0.2, -0.15) is 0 Å². The van der Waals surface area contributed by atoms with E-state index in [1.807, 2.05) is 140 Å². The number of hydrogen-bond donors (Lipinski definition) is 0. The Balaban J connectivity index is 1.13. The fourth-order valence-electron chi connectivity index (χ4n) is 9.68. The largest absolute Gasteiger partial charge is 0.455 e. The SMILES string of the molecule is [2H]c1c([2H])c(N(c2ccccc2-c2cccc3oc4c5ccccc5ccc4c23)c2c([2H])c([2H])c(-c3cccc4c3C(C)(C)c3ccccc3-4)c([2H])c2[2H])c([2H])c([2H])c1-c1cccc(-c2ccccc2)c1. The molecular weight excluding hydrogens is 763 g/mol. The van der Waals surface area contributed by atoms with Crippen LogP contribution in [0.3, 0.4) is 0 Å². The van der Waals surface area contributed by atoms with Crippen molar-refractivity contribution >= 4 is 49.8 Å². The zero-order valence-corrected chi connectivity index (χ0v) is 34.6. The van der Waals surface area contributed by atoms with Gasteiger partial charge in [-0.1, -0.05) is 190 Å². The van der Waals surface area contributed by atoms with Crippen LogP contribution in [0.25, 0.3) is 88.3 Å². The van der Waals surface area contributed by atoms with Gasteiger partial charge in [-0.15, -0.1) is 0 Å². The monoisotopic (exact) mass is 813 g/mol. The maximum absolute atomic E-state index is 10.0. The van der Waals surface area contributed by atoms with Crippen molar-refractivity contribution in [2.75, 3.05) is 4.90 Å². The molecule has 0 radical (unpaired) electrons. The molecule has 1 aliphatic carbocycles. The average molecular weight is 814 g/mol. The number of para-hydroxylation sites is 1. The quantitative estimate of drug-likeness (QED) is 0.159. The zero-order valence-electron chi connectivity index (χ0n) is 42.6. The van der Waals surface area contributed by atoms with E-state index in [1.165, 1.54) is 4.90 Å². The predicted octanol–water partition coefficient (Wildman–Crippen LogP) is 17.2. The maximum Gasteiger partial charge on any atom is 0.143 e. The highest BCUT2D eigenvalue weighted by atomic mass is 16.3. The Morgan fingerprint density at radius 1 is 0.429 bits per heavy atom. The Morgan fingerprint density at radius 2 is 1.02 bits per heavy atom. The van der Waals surface area contributed by atoms with E-state index in [0.717, 1.165) is 60.5 Å². The van der Waals surface area contributed by atoms with Crippen molar-refractivity contribution in [3.8, 4) is 55.6 Å². The zero-order chi connectivity index (χ0) is 49.0. The second kappa shape index (κ2) is 14.6. The molecule has 10 aromatic carbocycles. The van der Waals surface area contributed by atoms with Gasteiger partial charge in [0.15, 0.2) is 0 Å². The molecule has 0 N–H and O–H groups in total. The van der Waals surface area contributed by atoms with Gasteiger partial charge < -0.3 is 9.32 Å². The molecule has 0 amide bonds. The average Bonchev–Trinajstić information content (AvgIpc) is 3.90. The van der Waals surface area contributed by atoms with Crippen LogP contribution in [0.15, 0.2) is 229 Å². The third-order valence-electron chi connectivity index (χ3n) is 12.6. The Labute approximate surface area is 379 Å². The topological polar surface area (TPSA) is 16.4 Å². The van der Waals surface area contributed by atoms with Crippen molar-refractivity contribution in [2.24, 2.45) is 0 Å². The molecule has 0 bridgehead atoms. The summed E-state index contributed by atoms with van der Waals surface area (Å²) in [5, 5.41) is 3.62. The van der Waals surface area contributed by atoms with E-state index in [9.17, 15) is 11.0 Å². The van der Waals surface area contributed by atoms with Crippen molar-refractivity contribution in [1.82, 2.24) is 0 Å². The molecule has 12 rings (SSSR count).